The van der Waals surface area contributed by atoms with Crippen LogP contribution in [0.25, 0.3) is 0 Å². The first-order valence-corrected chi connectivity index (χ1v) is 5.88. The lowest BCUT2D eigenvalue weighted by molar-refractivity contribution is 0.883. The minimum atomic E-state index is 0.194. The van der Waals surface area contributed by atoms with Crippen molar-refractivity contribution in [1.29, 1.82) is 5.26 Å². The van der Waals surface area contributed by atoms with E-state index < -0.39 is 0 Å². The van der Waals surface area contributed by atoms with Gasteiger partial charge in [0.2, 0.25) is 0 Å². The van der Waals surface area contributed by atoms with Gasteiger partial charge in [-0.25, -0.2) is 0 Å². The van der Waals surface area contributed by atoms with Gasteiger partial charge in [-0.05, 0) is 43.7 Å². The van der Waals surface area contributed by atoms with Gasteiger partial charge in [-0.15, -0.1) is 0 Å². The Morgan fingerprint density at radius 1 is 1.22 bits per heavy atom. The summed E-state index contributed by atoms with van der Waals surface area (Å²) in [5, 5.41) is 12.2. The summed E-state index contributed by atoms with van der Waals surface area (Å²) in [4.78, 5) is 4.17. The van der Waals surface area contributed by atoms with Crippen molar-refractivity contribution in [2.45, 2.75) is 19.9 Å². The summed E-state index contributed by atoms with van der Waals surface area (Å²) in [5.74, 6) is 0. The number of pyridine rings is 1. The highest BCUT2D eigenvalue weighted by Gasteiger charge is 2.05. The van der Waals surface area contributed by atoms with Crippen molar-refractivity contribution in [2.24, 2.45) is 0 Å². The van der Waals surface area contributed by atoms with E-state index in [9.17, 15) is 0 Å². The molecule has 1 aromatic heterocycles. The van der Waals surface area contributed by atoms with Crippen molar-refractivity contribution in [1.82, 2.24) is 4.98 Å². The lowest BCUT2D eigenvalue weighted by Gasteiger charge is -2.15. The van der Waals surface area contributed by atoms with E-state index >= 15 is 0 Å². The molecule has 0 fully saturated rings. The van der Waals surface area contributed by atoms with Crippen molar-refractivity contribution in [3.8, 4) is 6.07 Å². The molecule has 0 aliphatic heterocycles. The molecule has 2 aromatic rings. The summed E-state index contributed by atoms with van der Waals surface area (Å²) in [6, 6.07) is 13.9. The normalized spacial score (nSPS) is 11.6. The zero-order chi connectivity index (χ0) is 13.0. The van der Waals surface area contributed by atoms with E-state index in [-0.39, 0.29) is 6.04 Å². The molecule has 0 saturated carbocycles. The van der Waals surface area contributed by atoms with Crippen LogP contribution in [-0.2, 0) is 0 Å². The van der Waals surface area contributed by atoms with E-state index in [0.717, 1.165) is 16.9 Å². The Morgan fingerprint density at radius 2 is 1.94 bits per heavy atom. The van der Waals surface area contributed by atoms with Crippen LogP contribution in [0.5, 0.6) is 0 Å². The molecule has 1 unspecified atom stereocenters. The molecule has 2 rings (SSSR count). The van der Waals surface area contributed by atoms with E-state index in [1.54, 1.807) is 6.20 Å². The van der Waals surface area contributed by atoms with Gasteiger partial charge in [0.1, 0.15) is 0 Å². The van der Waals surface area contributed by atoms with Gasteiger partial charge in [0.05, 0.1) is 11.6 Å². The Hall–Kier alpha value is -2.34. The number of rotatable bonds is 3. The number of hydrogen-bond acceptors (Lipinski definition) is 3. The van der Waals surface area contributed by atoms with Crippen LogP contribution < -0.4 is 5.32 Å². The Kier molecular flexibility index (Phi) is 3.59. The molecule has 3 nitrogen and oxygen atoms in total. The molecular formula is C15H15N3. The second-order valence-corrected chi connectivity index (χ2v) is 4.29. The van der Waals surface area contributed by atoms with Crippen LogP contribution in [0.3, 0.4) is 0 Å². The molecule has 1 N–H and O–H groups in total. The van der Waals surface area contributed by atoms with Crippen LogP contribution in [0.2, 0.25) is 0 Å². The Labute approximate surface area is 107 Å². The summed E-state index contributed by atoms with van der Waals surface area (Å²) in [5.41, 5.74) is 3.89. The maximum Gasteiger partial charge on any atom is 0.0991 e. The topological polar surface area (TPSA) is 48.7 Å². The molecule has 0 spiro atoms. The first-order chi connectivity index (χ1) is 8.69. The third kappa shape index (κ3) is 2.86. The standard InChI is InChI=1S/C15H15N3/c1-11-9-15(7-8-17-11)18-12(2)14-5-3-13(10-16)4-6-14/h3-9,12H,1-2H3,(H,17,18). The quantitative estimate of drug-likeness (QED) is 0.889. The first kappa shape index (κ1) is 12.1. The highest BCUT2D eigenvalue weighted by molar-refractivity contribution is 5.45. The SMILES string of the molecule is Cc1cc(NC(C)c2ccc(C#N)cc2)ccn1. The average Bonchev–Trinajstić information content (AvgIpc) is 2.39. The maximum absolute atomic E-state index is 8.76. The number of nitriles is 1. The largest absolute Gasteiger partial charge is 0.378 e. The Morgan fingerprint density at radius 3 is 2.56 bits per heavy atom. The fourth-order valence-corrected chi connectivity index (χ4v) is 1.82. The molecule has 3 heteroatoms. The summed E-state index contributed by atoms with van der Waals surface area (Å²) < 4.78 is 0. The predicted molar refractivity (Wildman–Crippen MR) is 72.2 cm³/mol. The molecule has 90 valence electrons. The van der Waals surface area contributed by atoms with Gasteiger partial charge in [0, 0.05) is 23.6 Å². The summed E-state index contributed by atoms with van der Waals surface area (Å²) in [7, 11) is 0. The van der Waals surface area contributed by atoms with Crippen molar-refractivity contribution < 1.29 is 0 Å². The number of hydrogen-bond donors (Lipinski definition) is 1. The molecule has 0 bridgehead atoms. The third-order valence-electron chi connectivity index (χ3n) is 2.82. The van der Waals surface area contributed by atoms with Gasteiger partial charge in [-0.1, -0.05) is 12.1 Å². The molecule has 1 aromatic carbocycles. The zero-order valence-corrected chi connectivity index (χ0v) is 10.5. The molecular weight excluding hydrogens is 222 g/mol. The summed E-state index contributed by atoms with van der Waals surface area (Å²) >= 11 is 0. The number of benzene rings is 1. The van der Waals surface area contributed by atoms with Crippen molar-refractivity contribution in [2.75, 3.05) is 5.32 Å². The van der Waals surface area contributed by atoms with Crippen molar-refractivity contribution in [3.05, 3.63) is 59.4 Å². The number of aryl methyl sites for hydroxylation is 1. The van der Waals surface area contributed by atoms with Crippen LogP contribution in [0.4, 0.5) is 5.69 Å². The van der Waals surface area contributed by atoms with E-state index in [2.05, 4.69) is 23.3 Å². The van der Waals surface area contributed by atoms with Crippen molar-refractivity contribution >= 4 is 5.69 Å². The number of anilines is 1. The molecule has 1 atom stereocenters. The Bertz CT molecular complexity index is 567. The van der Waals surface area contributed by atoms with Gasteiger partial charge < -0.3 is 5.32 Å². The molecule has 0 amide bonds. The molecule has 0 radical (unpaired) electrons. The maximum atomic E-state index is 8.76. The molecule has 0 aliphatic carbocycles. The number of nitrogens with one attached hydrogen (secondary N) is 1. The van der Waals surface area contributed by atoms with Crippen LogP contribution >= 0.6 is 0 Å². The lowest BCUT2D eigenvalue weighted by Crippen LogP contribution is -2.06. The minimum Gasteiger partial charge on any atom is -0.378 e. The molecule has 0 aliphatic rings. The van der Waals surface area contributed by atoms with E-state index in [0.29, 0.717) is 5.56 Å². The lowest BCUT2D eigenvalue weighted by atomic mass is 10.1. The van der Waals surface area contributed by atoms with Gasteiger partial charge in [0.25, 0.3) is 0 Å². The summed E-state index contributed by atoms with van der Waals surface area (Å²) in [6.45, 7) is 4.06. The van der Waals surface area contributed by atoms with Gasteiger partial charge >= 0.3 is 0 Å². The van der Waals surface area contributed by atoms with E-state index in [1.807, 2.05) is 43.3 Å². The van der Waals surface area contributed by atoms with E-state index in [4.69, 9.17) is 5.26 Å². The van der Waals surface area contributed by atoms with Crippen LogP contribution in [0.15, 0.2) is 42.6 Å². The highest BCUT2D eigenvalue weighted by Crippen LogP contribution is 2.19. The second-order valence-electron chi connectivity index (χ2n) is 4.29. The van der Waals surface area contributed by atoms with Gasteiger partial charge in [-0.2, -0.15) is 5.26 Å². The van der Waals surface area contributed by atoms with Crippen LogP contribution in [0.1, 0.15) is 29.8 Å². The Balaban J connectivity index is 2.12. The molecule has 0 saturated heterocycles. The van der Waals surface area contributed by atoms with E-state index in [1.165, 1.54) is 0 Å². The monoisotopic (exact) mass is 237 g/mol. The predicted octanol–water partition coefficient (Wildman–Crippen LogP) is 3.43. The molecule has 1 heterocycles. The summed E-state index contributed by atoms with van der Waals surface area (Å²) in [6.07, 6.45) is 1.79. The first-order valence-electron chi connectivity index (χ1n) is 5.88. The number of aromatic nitrogens is 1. The van der Waals surface area contributed by atoms with Gasteiger partial charge in [-0.3, -0.25) is 4.98 Å². The minimum absolute atomic E-state index is 0.194. The fraction of sp³-hybridized carbons (Fsp3) is 0.200. The van der Waals surface area contributed by atoms with Crippen LogP contribution in [-0.4, -0.2) is 4.98 Å². The second kappa shape index (κ2) is 5.33. The molecule has 18 heavy (non-hydrogen) atoms. The van der Waals surface area contributed by atoms with Crippen molar-refractivity contribution in [3.63, 3.8) is 0 Å². The van der Waals surface area contributed by atoms with Crippen LogP contribution in [0, 0.1) is 18.3 Å². The zero-order valence-electron chi connectivity index (χ0n) is 10.5. The van der Waals surface area contributed by atoms with Gasteiger partial charge in [0.15, 0.2) is 0 Å². The third-order valence-corrected chi connectivity index (χ3v) is 2.82. The average molecular weight is 237 g/mol. The highest BCUT2D eigenvalue weighted by atomic mass is 14.9. The fourth-order valence-electron chi connectivity index (χ4n) is 1.82. The smallest absolute Gasteiger partial charge is 0.0991 e. The number of nitrogens with zero attached hydrogens (tertiary/aromatic N) is 2.